The molecule has 5 heteroatoms. The van der Waals surface area contributed by atoms with Crippen LogP contribution in [0.1, 0.15) is 20.3 Å². The number of carbonyl (C=O) groups is 2. The summed E-state index contributed by atoms with van der Waals surface area (Å²) in [6, 6.07) is 0.111. The van der Waals surface area contributed by atoms with Crippen LogP contribution in [0.4, 0.5) is 0 Å². The highest BCUT2D eigenvalue weighted by Crippen LogP contribution is 2.09. The topological polar surface area (TPSA) is 40.6 Å². The van der Waals surface area contributed by atoms with Crippen LogP contribution in [0.25, 0.3) is 0 Å². The van der Waals surface area contributed by atoms with Crippen molar-refractivity contribution in [2.24, 2.45) is 0 Å². The second-order valence-corrected chi connectivity index (χ2v) is 4.72. The minimum atomic E-state index is -0.356. The predicted octanol–water partition coefficient (Wildman–Crippen LogP) is 0.851. The van der Waals surface area contributed by atoms with Gasteiger partial charge in [-0.2, -0.15) is 0 Å². The molecule has 0 N–H and O–H groups in total. The molecule has 1 heterocycles. The summed E-state index contributed by atoms with van der Waals surface area (Å²) in [6.07, 6.45) is 0.890. The molecule has 1 fully saturated rings. The maximum absolute atomic E-state index is 11.7. The quantitative estimate of drug-likeness (QED) is 0.564. The molecule has 0 unspecified atom stereocenters. The Balaban J connectivity index is 2.57. The van der Waals surface area contributed by atoms with E-state index in [4.69, 9.17) is 0 Å². The first-order valence-electron chi connectivity index (χ1n) is 5.23. The Bertz CT molecular complexity index is 256. The monoisotopic (exact) mass is 276 g/mol. The minimum Gasteiger partial charge on any atom is -0.333 e. The molecule has 0 bridgehead atoms. The van der Waals surface area contributed by atoms with Crippen LogP contribution in [0.3, 0.4) is 0 Å². The number of halogens is 1. The summed E-state index contributed by atoms with van der Waals surface area (Å²) in [5.74, 6) is -0.707. The van der Waals surface area contributed by atoms with Crippen LogP contribution >= 0.6 is 15.9 Å². The first-order valence-corrected chi connectivity index (χ1v) is 6.36. The smallest absolute Gasteiger partial charge is 0.312 e. The zero-order valence-electron chi connectivity index (χ0n) is 9.20. The van der Waals surface area contributed by atoms with Crippen molar-refractivity contribution in [3.8, 4) is 0 Å². The van der Waals surface area contributed by atoms with Gasteiger partial charge in [-0.25, -0.2) is 0 Å². The second-order valence-electron chi connectivity index (χ2n) is 3.93. The van der Waals surface area contributed by atoms with Crippen LogP contribution in [0.15, 0.2) is 0 Å². The standard InChI is InChI=1S/C10H17BrN2O2/c1-8(2)13-7-6-12(5-3-4-11)9(14)10(13)15/h8H,3-7H2,1-2H3. The molecule has 4 nitrogen and oxygen atoms in total. The molecule has 0 aromatic rings. The summed E-state index contributed by atoms with van der Waals surface area (Å²) in [5.41, 5.74) is 0. The van der Waals surface area contributed by atoms with Crippen molar-refractivity contribution in [3.63, 3.8) is 0 Å². The lowest BCUT2D eigenvalue weighted by atomic mass is 10.2. The Labute approximate surface area is 98.7 Å². The summed E-state index contributed by atoms with van der Waals surface area (Å²) in [4.78, 5) is 26.6. The molecule has 86 valence electrons. The van der Waals surface area contributed by atoms with E-state index >= 15 is 0 Å². The lowest BCUT2D eigenvalue weighted by Gasteiger charge is -2.35. The fourth-order valence-corrected chi connectivity index (χ4v) is 1.90. The number of amides is 2. The summed E-state index contributed by atoms with van der Waals surface area (Å²) >= 11 is 3.31. The van der Waals surface area contributed by atoms with E-state index in [0.29, 0.717) is 19.6 Å². The van der Waals surface area contributed by atoms with Crippen molar-refractivity contribution < 1.29 is 9.59 Å². The number of carbonyl (C=O) groups excluding carboxylic acids is 2. The van der Waals surface area contributed by atoms with Gasteiger partial charge < -0.3 is 9.80 Å². The Kier molecular flexibility index (Phi) is 4.57. The fourth-order valence-electron chi connectivity index (χ4n) is 1.65. The van der Waals surface area contributed by atoms with Crippen LogP contribution in [-0.4, -0.2) is 52.6 Å². The van der Waals surface area contributed by atoms with Gasteiger partial charge in [-0.05, 0) is 20.3 Å². The third-order valence-electron chi connectivity index (χ3n) is 2.53. The van der Waals surface area contributed by atoms with E-state index in [0.717, 1.165) is 11.8 Å². The highest BCUT2D eigenvalue weighted by molar-refractivity contribution is 9.09. The van der Waals surface area contributed by atoms with Gasteiger partial charge >= 0.3 is 11.8 Å². The summed E-state index contributed by atoms with van der Waals surface area (Å²) in [7, 11) is 0. The highest BCUT2D eigenvalue weighted by atomic mass is 79.9. The lowest BCUT2D eigenvalue weighted by Crippen LogP contribution is -2.56. The molecule has 2 amide bonds. The number of alkyl halides is 1. The molecule has 0 atom stereocenters. The first-order chi connectivity index (χ1) is 7.07. The predicted molar refractivity (Wildman–Crippen MR) is 61.8 cm³/mol. The van der Waals surface area contributed by atoms with Gasteiger partial charge in [0.25, 0.3) is 0 Å². The van der Waals surface area contributed by atoms with Gasteiger partial charge in [0.1, 0.15) is 0 Å². The summed E-state index contributed by atoms with van der Waals surface area (Å²) < 4.78 is 0. The van der Waals surface area contributed by atoms with Gasteiger partial charge in [0.2, 0.25) is 0 Å². The van der Waals surface area contributed by atoms with Crippen LogP contribution in [0.2, 0.25) is 0 Å². The maximum Gasteiger partial charge on any atom is 0.312 e. The van der Waals surface area contributed by atoms with Gasteiger partial charge in [-0.15, -0.1) is 0 Å². The molecular formula is C10H17BrN2O2. The fraction of sp³-hybridized carbons (Fsp3) is 0.800. The van der Waals surface area contributed by atoms with E-state index in [1.165, 1.54) is 0 Å². The molecule has 0 aromatic heterocycles. The average molecular weight is 277 g/mol. The number of rotatable bonds is 4. The zero-order chi connectivity index (χ0) is 11.4. The summed E-state index contributed by atoms with van der Waals surface area (Å²) in [6.45, 7) is 5.85. The third kappa shape index (κ3) is 2.93. The van der Waals surface area contributed by atoms with Gasteiger partial charge in [-0.3, -0.25) is 9.59 Å². The minimum absolute atomic E-state index is 0.111. The third-order valence-corrected chi connectivity index (χ3v) is 3.09. The Morgan fingerprint density at radius 2 is 1.93 bits per heavy atom. The van der Waals surface area contributed by atoms with E-state index < -0.39 is 0 Å². The van der Waals surface area contributed by atoms with Crippen LogP contribution in [0, 0.1) is 0 Å². The van der Waals surface area contributed by atoms with Gasteiger partial charge in [0.15, 0.2) is 0 Å². The van der Waals surface area contributed by atoms with Crippen LogP contribution in [0.5, 0.6) is 0 Å². The molecule has 1 aliphatic rings. The van der Waals surface area contributed by atoms with Gasteiger partial charge in [0, 0.05) is 31.0 Å². The van der Waals surface area contributed by atoms with Crippen molar-refractivity contribution in [2.45, 2.75) is 26.3 Å². The van der Waals surface area contributed by atoms with Crippen LogP contribution in [-0.2, 0) is 9.59 Å². The largest absolute Gasteiger partial charge is 0.333 e. The Morgan fingerprint density at radius 3 is 2.47 bits per heavy atom. The number of hydrogen-bond acceptors (Lipinski definition) is 2. The first kappa shape index (κ1) is 12.5. The molecule has 0 radical (unpaired) electrons. The normalized spacial score (nSPS) is 17.9. The lowest BCUT2D eigenvalue weighted by molar-refractivity contribution is -0.157. The van der Waals surface area contributed by atoms with Gasteiger partial charge in [0.05, 0.1) is 0 Å². The molecule has 1 rings (SSSR count). The molecule has 0 aromatic carbocycles. The maximum atomic E-state index is 11.7. The number of nitrogens with zero attached hydrogens (tertiary/aromatic N) is 2. The molecule has 0 spiro atoms. The van der Waals surface area contributed by atoms with Crippen molar-refractivity contribution in [2.75, 3.05) is 25.0 Å². The molecule has 1 aliphatic heterocycles. The van der Waals surface area contributed by atoms with Crippen molar-refractivity contribution in [1.82, 2.24) is 9.80 Å². The van der Waals surface area contributed by atoms with Crippen LogP contribution < -0.4 is 0 Å². The van der Waals surface area contributed by atoms with E-state index in [1.54, 1.807) is 9.80 Å². The molecular weight excluding hydrogens is 260 g/mol. The second kappa shape index (κ2) is 5.49. The van der Waals surface area contributed by atoms with E-state index in [1.807, 2.05) is 13.8 Å². The molecule has 1 saturated heterocycles. The highest BCUT2D eigenvalue weighted by Gasteiger charge is 2.33. The number of piperazine rings is 1. The van der Waals surface area contributed by atoms with E-state index in [-0.39, 0.29) is 17.9 Å². The number of hydrogen-bond donors (Lipinski definition) is 0. The summed E-state index contributed by atoms with van der Waals surface area (Å²) in [5, 5.41) is 0.860. The zero-order valence-corrected chi connectivity index (χ0v) is 10.8. The Morgan fingerprint density at radius 1 is 1.27 bits per heavy atom. The van der Waals surface area contributed by atoms with Crippen molar-refractivity contribution in [1.29, 1.82) is 0 Å². The average Bonchev–Trinajstić information content (AvgIpc) is 2.20. The van der Waals surface area contributed by atoms with Crippen molar-refractivity contribution in [3.05, 3.63) is 0 Å². The SMILES string of the molecule is CC(C)N1CCN(CCCBr)C(=O)C1=O. The Hall–Kier alpha value is -0.580. The molecule has 0 aliphatic carbocycles. The molecule has 15 heavy (non-hydrogen) atoms. The van der Waals surface area contributed by atoms with E-state index in [2.05, 4.69) is 15.9 Å². The van der Waals surface area contributed by atoms with E-state index in [9.17, 15) is 9.59 Å². The molecule has 0 saturated carbocycles. The van der Waals surface area contributed by atoms with Crippen molar-refractivity contribution >= 4 is 27.7 Å². The van der Waals surface area contributed by atoms with Gasteiger partial charge in [-0.1, -0.05) is 15.9 Å².